The molecule has 0 spiro atoms. The number of carboxylic acid groups (broad SMARTS) is 2. The van der Waals surface area contributed by atoms with Crippen LogP contribution in [-0.2, 0) is 24.7 Å². The van der Waals surface area contributed by atoms with E-state index in [4.69, 9.17) is 64.0 Å². The summed E-state index contributed by atoms with van der Waals surface area (Å²) < 4.78 is 22.4. The number of ether oxygens (including phenoxy) is 4. The van der Waals surface area contributed by atoms with Crippen LogP contribution in [0.5, 0.6) is 28.7 Å². The number of hydrogen-bond acceptors (Lipinski definition) is 11. The Morgan fingerprint density at radius 2 is 1.41 bits per heavy atom. The molecule has 2 unspecified atom stereocenters. The van der Waals surface area contributed by atoms with E-state index in [0.717, 1.165) is 23.6 Å². The van der Waals surface area contributed by atoms with Gasteiger partial charge in [0.2, 0.25) is 0 Å². The summed E-state index contributed by atoms with van der Waals surface area (Å²) in [5, 5.41) is 36.5. The summed E-state index contributed by atoms with van der Waals surface area (Å²) in [6.07, 6.45) is 4.77. The van der Waals surface area contributed by atoms with Crippen molar-refractivity contribution in [2.75, 3.05) is 27.3 Å². The van der Waals surface area contributed by atoms with Crippen molar-refractivity contribution in [2.45, 2.75) is 58.6 Å². The highest BCUT2D eigenvalue weighted by Crippen LogP contribution is 2.53. The SMILES string of the molecule is CN1CCCC1CCOC(C)(c1ccccc1)c1ccc(Cl)cc1.COC(=O)c1c(C)c2c(c(C)c1O)OC(=O)c1c(C)c(Cl)c(O)c(Cl)c1O2.O=C(O)C=CC(=O)O. The first-order valence-electron chi connectivity index (χ1n) is 18.2. The zero-order valence-electron chi connectivity index (χ0n) is 33.1. The number of esters is 2. The third kappa shape index (κ3) is 10.7. The molecule has 2 aliphatic rings. The van der Waals surface area contributed by atoms with E-state index in [1.54, 1.807) is 0 Å². The number of fused-ring (bicyclic) bond motifs is 2. The fourth-order valence-corrected chi connectivity index (χ4v) is 7.22. The van der Waals surface area contributed by atoms with Gasteiger partial charge in [0.25, 0.3) is 0 Å². The molecule has 59 heavy (non-hydrogen) atoms. The maximum absolute atomic E-state index is 12.7. The number of halogens is 3. The molecule has 13 nitrogen and oxygen atoms in total. The fraction of sp³-hybridized carbons (Fsp3) is 0.302. The molecule has 6 rings (SSSR count). The van der Waals surface area contributed by atoms with Gasteiger partial charge in [0.15, 0.2) is 23.0 Å². The molecular weight excluding hydrogens is 829 g/mol. The van der Waals surface area contributed by atoms with E-state index in [0.29, 0.717) is 18.2 Å². The maximum atomic E-state index is 12.7. The Kier molecular flexibility index (Phi) is 15.8. The summed E-state index contributed by atoms with van der Waals surface area (Å²) in [5.74, 6) is -5.25. The molecule has 314 valence electrons. The first kappa shape index (κ1) is 46.4. The lowest BCUT2D eigenvalue weighted by atomic mass is 9.88. The van der Waals surface area contributed by atoms with Crippen molar-refractivity contribution < 1.29 is 58.6 Å². The van der Waals surface area contributed by atoms with Crippen molar-refractivity contribution in [1.82, 2.24) is 4.90 Å². The number of nitrogens with zero attached hydrogens (tertiary/aromatic N) is 1. The number of aliphatic carboxylic acids is 2. The Labute approximate surface area is 356 Å². The second-order valence-electron chi connectivity index (χ2n) is 13.8. The molecule has 2 aliphatic heterocycles. The number of benzene rings is 4. The minimum atomic E-state index is -1.26. The quantitative estimate of drug-likeness (QED) is 0.0708. The fourth-order valence-electron chi connectivity index (χ4n) is 6.63. The van der Waals surface area contributed by atoms with E-state index in [9.17, 15) is 29.4 Å². The Balaban J connectivity index is 0.000000222. The van der Waals surface area contributed by atoms with Crippen LogP contribution >= 0.6 is 34.8 Å². The molecule has 0 aromatic heterocycles. The molecule has 4 aromatic carbocycles. The van der Waals surface area contributed by atoms with E-state index in [2.05, 4.69) is 55.3 Å². The number of likely N-dealkylation sites (tertiary alicyclic amines) is 1. The summed E-state index contributed by atoms with van der Waals surface area (Å²) in [7, 11) is 3.38. The zero-order valence-corrected chi connectivity index (χ0v) is 35.4. The summed E-state index contributed by atoms with van der Waals surface area (Å²) in [6.45, 7) is 8.55. The molecule has 1 fully saturated rings. The largest absolute Gasteiger partial charge is 0.507 e. The molecule has 0 aliphatic carbocycles. The van der Waals surface area contributed by atoms with Crippen LogP contribution in [0.3, 0.4) is 0 Å². The van der Waals surface area contributed by atoms with Crippen molar-refractivity contribution in [3.63, 3.8) is 0 Å². The third-order valence-electron chi connectivity index (χ3n) is 9.99. The van der Waals surface area contributed by atoms with Crippen molar-refractivity contribution in [3.05, 3.63) is 121 Å². The molecule has 2 heterocycles. The van der Waals surface area contributed by atoms with Crippen LogP contribution in [-0.4, -0.2) is 82.6 Å². The van der Waals surface area contributed by atoms with Crippen LogP contribution in [0.2, 0.25) is 15.1 Å². The number of phenolic OH excluding ortho intramolecular Hbond substituents is 2. The van der Waals surface area contributed by atoms with Crippen LogP contribution in [0.25, 0.3) is 0 Å². The van der Waals surface area contributed by atoms with Gasteiger partial charge in [-0.25, -0.2) is 19.2 Å². The maximum Gasteiger partial charge on any atom is 0.347 e. The highest BCUT2D eigenvalue weighted by Gasteiger charge is 2.36. The zero-order chi connectivity index (χ0) is 43.8. The highest BCUT2D eigenvalue weighted by molar-refractivity contribution is 6.39. The van der Waals surface area contributed by atoms with Crippen LogP contribution in [0.4, 0.5) is 0 Å². The average Bonchev–Trinajstić information content (AvgIpc) is 3.55. The normalized spacial score (nSPS) is 15.5. The monoisotopic (exact) mass is 871 g/mol. The molecular formula is C43H44Cl3NO12. The average molecular weight is 873 g/mol. The predicted octanol–water partition coefficient (Wildman–Crippen LogP) is 9.26. The van der Waals surface area contributed by atoms with Crippen molar-refractivity contribution >= 4 is 58.7 Å². The summed E-state index contributed by atoms with van der Waals surface area (Å²) in [4.78, 5) is 46.3. The van der Waals surface area contributed by atoms with Gasteiger partial charge in [0, 0.05) is 41.0 Å². The summed E-state index contributed by atoms with van der Waals surface area (Å²) >= 11 is 18.2. The molecule has 4 N–H and O–H groups in total. The van der Waals surface area contributed by atoms with Gasteiger partial charge in [0.05, 0.1) is 12.1 Å². The van der Waals surface area contributed by atoms with Gasteiger partial charge in [-0.1, -0.05) is 77.3 Å². The molecule has 0 bridgehead atoms. The number of hydrogen-bond donors (Lipinski definition) is 4. The molecule has 4 aromatic rings. The van der Waals surface area contributed by atoms with Crippen molar-refractivity contribution in [1.29, 1.82) is 0 Å². The summed E-state index contributed by atoms with van der Waals surface area (Å²) in [6, 6.07) is 19.1. The van der Waals surface area contributed by atoms with Gasteiger partial charge < -0.3 is 44.3 Å². The minimum Gasteiger partial charge on any atom is -0.507 e. The number of carboxylic acids is 2. The van der Waals surface area contributed by atoms with Crippen LogP contribution in [0.15, 0.2) is 66.7 Å². The van der Waals surface area contributed by atoms with E-state index in [-0.39, 0.29) is 55.1 Å². The van der Waals surface area contributed by atoms with E-state index in [1.807, 2.05) is 18.2 Å². The Morgan fingerprint density at radius 1 is 0.831 bits per heavy atom. The van der Waals surface area contributed by atoms with Gasteiger partial charge in [-0.15, -0.1) is 0 Å². The van der Waals surface area contributed by atoms with E-state index < -0.39 is 41.0 Å². The number of aromatic hydroxyl groups is 2. The van der Waals surface area contributed by atoms with Crippen LogP contribution in [0.1, 0.15) is 74.7 Å². The van der Waals surface area contributed by atoms with Crippen LogP contribution in [0, 0.1) is 20.8 Å². The molecule has 1 saturated heterocycles. The first-order chi connectivity index (χ1) is 27.8. The molecule has 0 amide bonds. The molecule has 2 atom stereocenters. The number of phenols is 2. The van der Waals surface area contributed by atoms with E-state index >= 15 is 0 Å². The third-order valence-corrected chi connectivity index (χ3v) is 11.1. The molecule has 0 saturated carbocycles. The second-order valence-corrected chi connectivity index (χ2v) is 14.9. The Morgan fingerprint density at radius 3 is 1.95 bits per heavy atom. The predicted molar refractivity (Wildman–Crippen MR) is 222 cm³/mol. The van der Waals surface area contributed by atoms with Gasteiger partial charge in [0.1, 0.15) is 27.5 Å². The van der Waals surface area contributed by atoms with Gasteiger partial charge in [-0.05, 0) is 89.4 Å². The number of carbonyl (C=O) groups excluding carboxylic acids is 2. The van der Waals surface area contributed by atoms with Crippen LogP contribution < -0.4 is 9.47 Å². The lowest BCUT2D eigenvalue weighted by molar-refractivity contribution is -0.134. The first-order valence-corrected chi connectivity index (χ1v) is 19.3. The lowest BCUT2D eigenvalue weighted by Crippen LogP contribution is -2.31. The number of methoxy groups -OCH3 is 1. The number of rotatable bonds is 9. The highest BCUT2D eigenvalue weighted by atomic mass is 35.5. The standard InChI is InChI=1S/C21H26ClNO.C18H14Cl2O7.C4H4O4/c1-21(17-7-4-3-5-8-17,18-10-12-19(22)13-11-18)24-16-14-20-9-6-15-23(20)2;1-5-9-16(11(20)13(22)10(5)19)26-14-6(2)8(17(23)25-4)12(21)7(3)15(14)27-18(9)24;5-3(6)1-2-4(7)8/h3-5,7-8,10-13,20H,6,9,14-16H2,1-2H3;21-22H,1-4H3;1-2H,(H,5,6)(H,7,8). The summed E-state index contributed by atoms with van der Waals surface area (Å²) in [5.41, 5.74) is 2.12. The van der Waals surface area contributed by atoms with E-state index in [1.165, 1.54) is 52.8 Å². The van der Waals surface area contributed by atoms with Crippen molar-refractivity contribution in [3.8, 4) is 28.7 Å². The van der Waals surface area contributed by atoms with Gasteiger partial charge in [-0.3, -0.25) is 0 Å². The Bertz CT molecular complexity index is 2230. The van der Waals surface area contributed by atoms with Gasteiger partial charge in [-0.2, -0.15) is 0 Å². The van der Waals surface area contributed by atoms with Gasteiger partial charge >= 0.3 is 23.9 Å². The minimum absolute atomic E-state index is 0.0131. The second kappa shape index (κ2) is 20.1. The molecule has 0 radical (unpaired) electrons. The topological polar surface area (TPSA) is 189 Å². The molecule has 16 heteroatoms. The smallest absolute Gasteiger partial charge is 0.347 e. The number of carbonyl (C=O) groups is 4. The van der Waals surface area contributed by atoms with Crippen molar-refractivity contribution in [2.24, 2.45) is 0 Å². The Hall–Kier alpha value is -5.31. The lowest BCUT2D eigenvalue weighted by Gasteiger charge is -2.32.